The predicted octanol–water partition coefficient (Wildman–Crippen LogP) is 4.90. The highest BCUT2D eigenvalue weighted by molar-refractivity contribution is 7.12. The molecule has 0 saturated carbocycles. The Labute approximate surface area is 146 Å². The van der Waals surface area contributed by atoms with Gasteiger partial charge in [-0.05, 0) is 37.6 Å². The van der Waals surface area contributed by atoms with Crippen molar-refractivity contribution in [3.8, 4) is 17.0 Å². The molecule has 2 heterocycles. The number of hydrogen-bond donors (Lipinski definition) is 1. The second-order valence-electron chi connectivity index (χ2n) is 6.20. The molecule has 0 radical (unpaired) electrons. The molecular formula is C20H20N2OS. The van der Waals surface area contributed by atoms with Gasteiger partial charge in [-0.15, -0.1) is 11.3 Å². The van der Waals surface area contributed by atoms with E-state index >= 15 is 0 Å². The van der Waals surface area contributed by atoms with E-state index in [1.807, 2.05) is 12.1 Å². The van der Waals surface area contributed by atoms with Crippen molar-refractivity contribution in [1.82, 2.24) is 4.98 Å². The minimum absolute atomic E-state index is 0.210. The summed E-state index contributed by atoms with van der Waals surface area (Å²) < 4.78 is 5.86. The number of aryl methyl sites for hydroxylation is 1. The molecule has 0 saturated heterocycles. The van der Waals surface area contributed by atoms with Gasteiger partial charge < -0.3 is 10.1 Å². The van der Waals surface area contributed by atoms with Gasteiger partial charge >= 0.3 is 0 Å². The lowest BCUT2D eigenvalue weighted by molar-refractivity contribution is 0.226. The van der Waals surface area contributed by atoms with Gasteiger partial charge in [0.1, 0.15) is 11.9 Å². The second kappa shape index (κ2) is 6.29. The van der Waals surface area contributed by atoms with Crippen LogP contribution in [-0.2, 0) is 6.42 Å². The summed E-state index contributed by atoms with van der Waals surface area (Å²) in [6.45, 7) is 5.06. The predicted molar refractivity (Wildman–Crippen MR) is 100 cm³/mol. The van der Waals surface area contributed by atoms with Crippen molar-refractivity contribution in [3.63, 3.8) is 0 Å². The lowest BCUT2D eigenvalue weighted by Gasteiger charge is -2.25. The van der Waals surface area contributed by atoms with E-state index in [-0.39, 0.29) is 6.10 Å². The summed E-state index contributed by atoms with van der Waals surface area (Å²) in [6, 6.07) is 16.8. The van der Waals surface area contributed by atoms with Gasteiger partial charge in [0.25, 0.3) is 0 Å². The average molecular weight is 336 g/mol. The Morgan fingerprint density at radius 1 is 1.21 bits per heavy atom. The fourth-order valence-corrected chi connectivity index (χ4v) is 3.98. The lowest BCUT2D eigenvalue weighted by Crippen LogP contribution is -2.27. The van der Waals surface area contributed by atoms with Crippen LogP contribution in [0.15, 0.2) is 48.5 Å². The normalized spacial score (nSPS) is 16.2. The molecule has 0 bridgehead atoms. The van der Waals surface area contributed by atoms with Crippen LogP contribution in [0.5, 0.6) is 5.75 Å². The summed E-state index contributed by atoms with van der Waals surface area (Å²) in [4.78, 5) is 6.14. The van der Waals surface area contributed by atoms with E-state index in [1.54, 1.807) is 11.3 Å². The highest BCUT2D eigenvalue weighted by Gasteiger charge is 2.17. The Balaban J connectivity index is 1.63. The minimum Gasteiger partial charge on any atom is -0.487 e. The Kier molecular flexibility index (Phi) is 3.98. The largest absolute Gasteiger partial charge is 0.487 e. The highest BCUT2D eigenvalue weighted by Crippen LogP contribution is 2.36. The van der Waals surface area contributed by atoms with E-state index in [0.29, 0.717) is 0 Å². The van der Waals surface area contributed by atoms with Crippen LogP contribution in [0.25, 0.3) is 11.3 Å². The van der Waals surface area contributed by atoms with Crippen molar-refractivity contribution >= 4 is 17.0 Å². The number of aromatic nitrogens is 1. The van der Waals surface area contributed by atoms with Gasteiger partial charge in [-0.2, -0.15) is 0 Å². The van der Waals surface area contributed by atoms with Gasteiger partial charge in [0.2, 0.25) is 0 Å². The van der Waals surface area contributed by atoms with Crippen LogP contribution < -0.4 is 10.1 Å². The van der Waals surface area contributed by atoms with Gasteiger partial charge in [0, 0.05) is 16.9 Å². The first kappa shape index (κ1) is 15.2. The number of hydrogen-bond acceptors (Lipinski definition) is 4. The quantitative estimate of drug-likeness (QED) is 0.738. The fourth-order valence-electron chi connectivity index (χ4n) is 3.00. The first-order valence-electron chi connectivity index (χ1n) is 8.24. The molecule has 24 heavy (non-hydrogen) atoms. The smallest absolute Gasteiger partial charge is 0.142 e. The summed E-state index contributed by atoms with van der Waals surface area (Å²) >= 11 is 1.78. The first-order chi connectivity index (χ1) is 11.7. The van der Waals surface area contributed by atoms with Gasteiger partial charge in [0.05, 0.1) is 22.9 Å². The van der Waals surface area contributed by atoms with E-state index in [4.69, 9.17) is 9.72 Å². The molecule has 0 spiro atoms. The molecule has 0 amide bonds. The molecule has 4 heteroatoms. The van der Waals surface area contributed by atoms with Crippen molar-refractivity contribution in [3.05, 3.63) is 64.0 Å². The molecule has 1 aliphatic rings. The third kappa shape index (κ3) is 3.02. The first-order valence-corrected chi connectivity index (χ1v) is 9.06. The summed E-state index contributed by atoms with van der Waals surface area (Å²) in [5, 5.41) is 4.60. The van der Waals surface area contributed by atoms with Crippen LogP contribution in [0.2, 0.25) is 0 Å². The van der Waals surface area contributed by atoms with Crippen LogP contribution in [0, 0.1) is 6.92 Å². The van der Waals surface area contributed by atoms with Crippen molar-refractivity contribution < 1.29 is 4.74 Å². The maximum absolute atomic E-state index is 5.86. The second-order valence-corrected chi connectivity index (χ2v) is 7.48. The maximum Gasteiger partial charge on any atom is 0.142 e. The zero-order valence-electron chi connectivity index (χ0n) is 13.9. The molecule has 1 aliphatic heterocycles. The average Bonchev–Trinajstić information content (AvgIpc) is 2.95. The number of rotatable bonds is 3. The third-order valence-corrected chi connectivity index (χ3v) is 5.17. The molecule has 1 N–H and O–H groups in total. The Morgan fingerprint density at radius 2 is 2.04 bits per heavy atom. The number of nitrogens with zero attached hydrogens (tertiary/aromatic N) is 1. The van der Waals surface area contributed by atoms with Gasteiger partial charge in [-0.25, -0.2) is 4.98 Å². The van der Waals surface area contributed by atoms with Crippen LogP contribution >= 0.6 is 11.3 Å². The van der Waals surface area contributed by atoms with E-state index < -0.39 is 0 Å². The molecule has 3 nitrogen and oxygen atoms in total. The minimum atomic E-state index is 0.210. The monoisotopic (exact) mass is 336 g/mol. The number of ether oxygens (including phenoxy) is 1. The number of anilines is 1. The van der Waals surface area contributed by atoms with E-state index in [2.05, 4.69) is 55.6 Å². The molecule has 1 aromatic heterocycles. The Morgan fingerprint density at radius 3 is 2.88 bits per heavy atom. The van der Waals surface area contributed by atoms with Crippen LogP contribution in [-0.4, -0.2) is 17.6 Å². The van der Waals surface area contributed by atoms with Crippen LogP contribution in [0.3, 0.4) is 0 Å². The summed E-state index contributed by atoms with van der Waals surface area (Å²) in [7, 11) is 0. The summed E-state index contributed by atoms with van der Waals surface area (Å²) in [5.41, 5.74) is 4.58. The lowest BCUT2D eigenvalue weighted by atomic mass is 10.1. The molecule has 122 valence electrons. The van der Waals surface area contributed by atoms with Crippen molar-refractivity contribution in [2.75, 3.05) is 11.9 Å². The number of fused-ring (bicyclic) bond motifs is 1. The highest BCUT2D eigenvalue weighted by atomic mass is 32.1. The van der Waals surface area contributed by atoms with Gasteiger partial charge in [0.15, 0.2) is 0 Å². The zero-order chi connectivity index (χ0) is 16.5. The molecule has 4 rings (SSSR count). The topological polar surface area (TPSA) is 34.2 Å². The third-order valence-electron chi connectivity index (χ3n) is 4.20. The van der Waals surface area contributed by atoms with E-state index in [0.717, 1.165) is 40.7 Å². The molecule has 1 atom stereocenters. The van der Waals surface area contributed by atoms with E-state index in [1.165, 1.54) is 10.4 Å². The number of thiazole rings is 1. The molecule has 0 fully saturated rings. The SMILES string of the molecule is Cc1sc(Cc2ccccc2)nc1-c1ccc2c(c1)NCC(C)O2. The standard InChI is InChI=1S/C20H20N2OS/c1-13-12-21-17-11-16(8-9-18(17)23-13)20-14(2)24-19(22-20)10-15-6-4-3-5-7-15/h3-9,11,13,21H,10,12H2,1-2H3. The fraction of sp³-hybridized carbons (Fsp3) is 0.250. The van der Waals surface area contributed by atoms with Crippen molar-refractivity contribution in [2.45, 2.75) is 26.4 Å². The van der Waals surface area contributed by atoms with Gasteiger partial charge in [-0.1, -0.05) is 30.3 Å². The van der Waals surface area contributed by atoms with Crippen molar-refractivity contribution in [2.24, 2.45) is 0 Å². The van der Waals surface area contributed by atoms with Crippen LogP contribution in [0.4, 0.5) is 5.69 Å². The van der Waals surface area contributed by atoms with Gasteiger partial charge in [-0.3, -0.25) is 0 Å². The number of benzene rings is 2. The zero-order valence-corrected chi connectivity index (χ0v) is 14.7. The molecule has 1 unspecified atom stereocenters. The summed E-state index contributed by atoms with van der Waals surface area (Å²) in [5.74, 6) is 0.926. The Bertz CT molecular complexity index is 857. The molecular weight excluding hydrogens is 316 g/mol. The van der Waals surface area contributed by atoms with Crippen molar-refractivity contribution in [1.29, 1.82) is 0 Å². The molecule has 3 aromatic rings. The summed E-state index contributed by atoms with van der Waals surface area (Å²) in [6.07, 6.45) is 1.10. The van der Waals surface area contributed by atoms with E-state index in [9.17, 15) is 0 Å². The maximum atomic E-state index is 5.86. The Hall–Kier alpha value is -2.33. The molecule has 2 aromatic carbocycles. The molecule has 0 aliphatic carbocycles. The van der Waals surface area contributed by atoms with Crippen LogP contribution in [0.1, 0.15) is 22.4 Å². The number of nitrogens with one attached hydrogen (secondary N) is 1.